The zero-order valence-corrected chi connectivity index (χ0v) is 10.5. The summed E-state index contributed by atoms with van der Waals surface area (Å²) in [4.78, 5) is 1.63. The van der Waals surface area contributed by atoms with Crippen molar-refractivity contribution in [3.05, 3.63) is 42.0 Å². The van der Waals surface area contributed by atoms with Crippen molar-refractivity contribution >= 4 is 0 Å². The number of rotatable bonds is 3. The van der Waals surface area contributed by atoms with E-state index >= 15 is 0 Å². The number of aromatic nitrogens is 4. The van der Waals surface area contributed by atoms with Gasteiger partial charge in [0.2, 0.25) is 0 Å². The monoisotopic (exact) mass is 261 g/mol. The molecule has 2 atom stereocenters. The molecule has 6 heteroatoms. The van der Waals surface area contributed by atoms with E-state index in [-0.39, 0.29) is 11.9 Å². The fraction of sp³-hybridized carbons (Fsp3) is 0.462. The Bertz CT molecular complexity index is 504. The number of hydrogen-bond acceptors (Lipinski definition) is 4. The second kappa shape index (κ2) is 5.44. The number of benzene rings is 1. The van der Waals surface area contributed by atoms with Crippen molar-refractivity contribution in [2.75, 3.05) is 13.1 Å². The first-order valence-electron chi connectivity index (χ1n) is 6.53. The molecule has 1 saturated heterocycles. The zero-order chi connectivity index (χ0) is 13.1. The molecule has 1 aromatic carbocycles. The Labute approximate surface area is 110 Å². The molecule has 1 aliphatic heterocycles. The molecular formula is C13H16FN5. The fourth-order valence-corrected chi connectivity index (χ4v) is 2.70. The number of tetrazole rings is 1. The maximum absolute atomic E-state index is 13.1. The Hall–Kier alpha value is -1.82. The van der Waals surface area contributed by atoms with Gasteiger partial charge in [0.25, 0.3) is 0 Å². The third kappa shape index (κ3) is 2.63. The first-order chi connectivity index (χ1) is 9.34. The largest absolute Gasteiger partial charge is 0.316 e. The highest BCUT2D eigenvalue weighted by Gasteiger charge is 2.28. The normalized spacial score (nSPS) is 21.2. The van der Waals surface area contributed by atoms with Crippen molar-refractivity contribution in [1.82, 2.24) is 25.5 Å². The average Bonchev–Trinajstić information content (AvgIpc) is 2.96. The van der Waals surface area contributed by atoms with Crippen LogP contribution in [0, 0.1) is 11.7 Å². The molecular weight excluding hydrogens is 245 g/mol. The van der Waals surface area contributed by atoms with Crippen LogP contribution in [-0.2, 0) is 0 Å². The maximum atomic E-state index is 13.1. The molecule has 0 amide bonds. The minimum Gasteiger partial charge on any atom is -0.316 e. The number of nitrogens with one attached hydrogen (secondary N) is 1. The smallest absolute Gasteiger partial charge is 0.162 e. The molecule has 3 rings (SSSR count). The third-order valence-electron chi connectivity index (χ3n) is 3.61. The van der Waals surface area contributed by atoms with E-state index in [0.717, 1.165) is 31.5 Å². The van der Waals surface area contributed by atoms with Gasteiger partial charge in [0.1, 0.15) is 11.9 Å². The van der Waals surface area contributed by atoms with E-state index in [9.17, 15) is 4.39 Å². The van der Waals surface area contributed by atoms with Crippen LogP contribution in [0.2, 0.25) is 0 Å². The van der Waals surface area contributed by atoms with Crippen LogP contribution in [0.4, 0.5) is 4.39 Å². The summed E-state index contributed by atoms with van der Waals surface area (Å²) in [5.41, 5.74) is 1.02. The lowest BCUT2D eigenvalue weighted by Gasteiger charge is -2.30. The summed E-state index contributed by atoms with van der Waals surface area (Å²) >= 11 is 0. The molecule has 5 nitrogen and oxygen atoms in total. The van der Waals surface area contributed by atoms with Crippen LogP contribution in [-0.4, -0.2) is 33.3 Å². The van der Waals surface area contributed by atoms with E-state index in [0.29, 0.717) is 5.92 Å². The molecule has 0 radical (unpaired) electrons. The van der Waals surface area contributed by atoms with Gasteiger partial charge >= 0.3 is 0 Å². The topological polar surface area (TPSA) is 55.6 Å². The molecule has 0 bridgehead atoms. The lowest BCUT2D eigenvalue weighted by atomic mass is 9.87. The number of piperidine rings is 1. The van der Waals surface area contributed by atoms with E-state index in [2.05, 4.69) is 20.7 Å². The fourth-order valence-electron chi connectivity index (χ4n) is 2.70. The first kappa shape index (κ1) is 12.2. The van der Waals surface area contributed by atoms with Crippen molar-refractivity contribution in [3.63, 3.8) is 0 Å². The third-order valence-corrected chi connectivity index (χ3v) is 3.61. The summed E-state index contributed by atoms with van der Waals surface area (Å²) in [6.45, 7) is 1.97. The lowest BCUT2D eigenvalue weighted by Crippen LogP contribution is -2.36. The van der Waals surface area contributed by atoms with E-state index in [4.69, 9.17) is 0 Å². The number of halogens is 1. The second-order valence-corrected chi connectivity index (χ2v) is 4.86. The van der Waals surface area contributed by atoms with Crippen LogP contribution in [0.1, 0.15) is 24.4 Å². The lowest BCUT2D eigenvalue weighted by molar-refractivity contribution is 0.261. The van der Waals surface area contributed by atoms with Gasteiger partial charge in [-0.3, -0.25) is 0 Å². The molecule has 19 heavy (non-hydrogen) atoms. The Morgan fingerprint density at radius 3 is 2.79 bits per heavy atom. The molecule has 2 heterocycles. The van der Waals surface area contributed by atoms with Crippen molar-refractivity contribution in [2.24, 2.45) is 5.92 Å². The summed E-state index contributed by atoms with van der Waals surface area (Å²) in [5, 5.41) is 15.4. The van der Waals surface area contributed by atoms with Gasteiger partial charge in [0.05, 0.1) is 0 Å². The summed E-state index contributed by atoms with van der Waals surface area (Å²) in [6.07, 6.45) is 3.68. The highest BCUT2D eigenvalue weighted by atomic mass is 19.1. The Balaban J connectivity index is 1.93. The molecule has 2 aromatic rings. The van der Waals surface area contributed by atoms with Gasteiger partial charge in [-0.2, -0.15) is 4.80 Å². The van der Waals surface area contributed by atoms with Gasteiger partial charge in [-0.25, -0.2) is 4.39 Å². The molecule has 1 aliphatic rings. The van der Waals surface area contributed by atoms with Crippen molar-refractivity contribution < 1.29 is 4.39 Å². The molecule has 0 unspecified atom stereocenters. The van der Waals surface area contributed by atoms with Gasteiger partial charge in [-0.15, -0.1) is 10.2 Å². The molecule has 1 fully saturated rings. The number of hydrogen-bond donors (Lipinski definition) is 1. The molecule has 1 N–H and O–H groups in total. The maximum Gasteiger partial charge on any atom is 0.162 e. The minimum atomic E-state index is -0.226. The van der Waals surface area contributed by atoms with E-state index < -0.39 is 0 Å². The summed E-state index contributed by atoms with van der Waals surface area (Å²) in [7, 11) is 0. The van der Waals surface area contributed by atoms with Crippen LogP contribution in [0.3, 0.4) is 0 Å². The minimum absolute atomic E-state index is 0.0101. The van der Waals surface area contributed by atoms with Crippen molar-refractivity contribution in [3.8, 4) is 0 Å². The van der Waals surface area contributed by atoms with Crippen molar-refractivity contribution in [2.45, 2.75) is 18.9 Å². The second-order valence-electron chi connectivity index (χ2n) is 4.86. The van der Waals surface area contributed by atoms with Crippen LogP contribution in [0.15, 0.2) is 30.6 Å². The van der Waals surface area contributed by atoms with Gasteiger partial charge in [-0.05, 0) is 48.2 Å². The Morgan fingerprint density at radius 1 is 1.32 bits per heavy atom. The predicted molar refractivity (Wildman–Crippen MR) is 67.9 cm³/mol. The predicted octanol–water partition coefficient (Wildman–Crippen LogP) is 1.40. The van der Waals surface area contributed by atoms with Crippen LogP contribution < -0.4 is 5.32 Å². The van der Waals surface area contributed by atoms with Gasteiger partial charge in [-0.1, -0.05) is 12.1 Å². The zero-order valence-electron chi connectivity index (χ0n) is 10.5. The van der Waals surface area contributed by atoms with Gasteiger partial charge < -0.3 is 5.32 Å². The van der Waals surface area contributed by atoms with Crippen molar-refractivity contribution in [1.29, 1.82) is 0 Å². The van der Waals surface area contributed by atoms with E-state index in [1.165, 1.54) is 18.5 Å². The molecule has 0 aliphatic carbocycles. The Kier molecular flexibility index (Phi) is 3.50. The average molecular weight is 261 g/mol. The Morgan fingerprint density at radius 2 is 2.16 bits per heavy atom. The van der Waals surface area contributed by atoms with Gasteiger partial charge in [0.15, 0.2) is 6.33 Å². The quantitative estimate of drug-likeness (QED) is 0.907. The summed E-state index contributed by atoms with van der Waals surface area (Å²) in [5.74, 6) is 0.171. The highest BCUT2D eigenvalue weighted by Crippen LogP contribution is 2.29. The standard InChI is InChI=1S/C13H16FN5/c14-12-5-3-10(4-6-12)13(19-17-9-16-18-19)11-2-1-7-15-8-11/h3-6,9,11,13,15H,1-2,7-8H2/t11-,13+/m0/s1. The van der Waals surface area contributed by atoms with Gasteiger partial charge in [0, 0.05) is 6.54 Å². The van der Waals surface area contributed by atoms with E-state index in [1.807, 2.05) is 0 Å². The van der Waals surface area contributed by atoms with E-state index in [1.54, 1.807) is 16.9 Å². The van der Waals surface area contributed by atoms with Crippen LogP contribution in [0.25, 0.3) is 0 Å². The molecule has 100 valence electrons. The van der Waals surface area contributed by atoms with Crippen LogP contribution >= 0.6 is 0 Å². The summed E-state index contributed by atoms with van der Waals surface area (Å²) < 4.78 is 13.1. The highest BCUT2D eigenvalue weighted by molar-refractivity contribution is 5.21. The SMILES string of the molecule is Fc1ccc([C@H]([C@H]2CCCNC2)n2ncnn2)cc1. The molecule has 0 spiro atoms. The summed E-state index contributed by atoms with van der Waals surface area (Å²) in [6, 6.07) is 6.58. The van der Waals surface area contributed by atoms with Crippen LogP contribution in [0.5, 0.6) is 0 Å². The molecule has 1 aromatic heterocycles. The first-order valence-corrected chi connectivity index (χ1v) is 6.53. The molecule has 0 saturated carbocycles. The number of nitrogens with zero attached hydrogens (tertiary/aromatic N) is 4.